The summed E-state index contributed by atoms with van der Waals surface area (Å²) < 4.78 is 88.7. The molecule has 10 heteroatoms. The van der Waals surface area contributed by atoms with E-state index >= 15 is 0 Å². The maximum Gasteiger partial charge on any atom is 0.416 e. The first-order valence-corrected chi connectivity index (χ1v) is 22.7. The Kier molecular flexibility index (Phi) is 10.5. The minimum atomic E-state index is -4.52. The summed E-state index contributed by atoms with van der Waals surface area (Å²) in [6.45, 7) is 13.5. The number of halogens is 6. The quantitative estimate of drug-likeness (QED) is 0.121. The van der Waals surface area contributed by atoms with Crippen molar-refractivity contribution in [1.29, 1.82) is 5.26 Å². The van der Waals surface area contributed by atoms with Gasteiger partial charge in [0.1, 0.15) is 0 Å². The Labute approximate surface area is 404 Å². The predicted molar refractivity (Wildman–Crippen MR) is 272 cm³/mol. The van der Waals surface area contributed by atoms with Crippen molar-refractivity contribution in [3.8, 4) is 62.0 Å². The molecular formula is C61H38F6N4. The van der Waals surface area contributed by atoms with Gasteiger partial charge in [-0.3, -0.25) is 0 Å². The van der Waals surface area contributed by atoms with Crippen LogP contribution in [-0.2, 0) is 12.4 Å². The van der Waals surface area contributed by atoms with Gasteiger partial charge in [0.15, 0.2) is 5.69 Å². The van der Waals surface area contributed by atoms with Crippen LogP contribution in [0.15, 0.2) is 176 Å². The Hall–Kier alpha value is -8.86. The van der Waals surface area contributed by atoms with Crippen molar-refractivity contribution in [3.05, 3.63) is 221 Å². The monoisotopic (exact) mass is 940 g/mol. The van der Waals surface area contributed by atoms with Crippen LogP contribution in [0, 0.1) is 38.7 Å². The second-order valence-corrected chi connectivity index (χ2v) is 18.0. The SMILES string of the molecule is [C-]#[N+]c1ccc(-n2c3ccccc3c3cc(-c4cc(C)cc(C(F)(F)F)c4)ccc32)c(-c2ccc(-c3ccc(C#N)cc3C)cc2-n2c3ccccc3c3cc(-c4cc(C)cc(C(F)(F)F)c4)ccc32)c1. The molecule has 0 bridgehead atoms. The molecule has 0 aliphatic carbocycles. The molecule has 2 heterocycles. The summed E-state index contributed by atoms with van der Waals surface area (Å²) in [5.74, 6) is 0. The minimum absolute atomic E-state index is 0.396. The molecule has 4 nitrogen and oxygen atoms in total. The van der Waals surface area contributed by atoms with Gasteiger partial charge in [0.25, 0.3) is 0 Å². The topological polar surface area (TPSA) is 38.0 Å². The lowest BCUT2D eigenvalue weighted by Gasteiger charge is -2.20. The standard InChI is InChI=1S/C61H38F6N4/c1-35-23-42(28-44(25-35)60(62,63)64)39-15-20-56-51(30-39)48-9-5-7-11-54(48)70(56)58-22-17-46(69-4)33-53(58)50-19-14-41(47-18-13-38(34-68)27-37(47)3)32-59(50)71-55-12-8-6-10-49(55)52-31-40(16-21-57(52)71)43-24-36(2)26-45(29-43)61(65,66)67/h5-33H,1-3H3. The summed E-state index contributed by atoms with van der Waals surface area (Å²) in [7, 11) is 0. The zero-order chi connectivity index (χ0) is 49.5. The zero-order valence-electron chi connectivity index (χ0n) is 38.3. The molecule has 0 aliphatic heterocycles. The highest BCUT2D eigenvalue weighted by molar-refractivity contribution is 6.13. The lowest BCUT2D eigenvalue weighted by atomic mass is 9.93. The molecule has 0 aliphatic rings. The van der Waals surface area contributed by atoms with E-state index in [2.05, 4.69) is 26.1 Å². The summed E-state index contributed by atoms with van der Waals surface area (Å²) in [5.41, 5.74) is 11.6. The zero-order valence-corrected chi connectivity index (χ0v) is 38.3. The number of rotatable bonds is 6. The molecule has 0 amide bonds. The van der Waals surface area contributed by atoms with Gasteiger partial charge in [0.2, 0.25) is 0 Å². The van der Waals surface area contributed by atoms with Crippen LogP contribution in [0.2, 0.25) is 0 Å². The maximum absolute atomic E-state index is 14.1. The van der Waals surface area contributed by atoms with Crippen LogP contribution in [-0.4, -0.2) is 9.13 Å². The highest BCUT2D eigenvalue weighted by atomic mass is 19.4. The van der Waals surface area contributed by atoms with Crippen molar-refractivity contribution in [2.24, 2.45) is 0 Å². The number of fused-ring (bicyclic) bond motifs is 6. The second-order valence-electron chi connectivity index (χ2n) is 18.0. The Morgan fingerprint density at radius 1 is 0.437 bits per heavy atom. The number of benzene rings is 9. The number of nitriles is 1. The fourth-order valence-corrected chi connectivity index (χ4v) is 10.2. The van der Waals surface area contributed by atoms with E-state index in [1.807, 2.05) is 128 Å². The number of hydrogen-bond acceptors (Lipinski definition) is 1. The third-order valence-corrected chi connectivity index (χ3v) is 13.4. The molecule has 9 aromatic carbocycles. The van der Waals surface area contributed by atoms with Crippen LogP contribution in [0.4, 0.5) is 32.0 Å². The average Bonchev–Trinajstić information content (AvgIpc) is 3.87. The van der Waals surface area contributed by atoms with Gasteiger partial charge in [-0.15, -0.1) is 0 Å². The molecule has 344 valence electrons. The van der Waals surface area contributed by atoms with Gasteiger partial charge in [0.05, 0.1) is 62.8 Å². The summed E-state index contributed by atoms with van der Waals surface area (Å²) in [6.07, 6.45) is -9.03. The Morgan fingerprint density at radius 3 is 1.46 bits per heavy atom. The van der Waals surface area contributed by atoms with Crippen LogP contribution < -0.4 is 0 Å². The van der Waals surface area contributed by atoms with E-state index in [1.54, 1.807) is 38.1 Å². The molecule has 2 aromatic heterocycles. The van der Waals surface area contributed by atoms with E-state index in [0.717, 1.165) is 94.9 Å². The smallest absolute Gasteiger partial charge is 0.309 e. The third kappa shape index (κ3) is 7.75. The largest absolute Gasteiger partial charge is 0.416 e. The molecule has 0 atom stereocenters. The lowest BCUT2D eigenvalue weighted by molar-refractivity contribution is -0.138. The first-order chi connectivity index (χ1) is 34.1. The first kappa shape index (κ1) is 44.6. The van der Waals surface area contributed by atoms with Gasteiger partial charge >= 0.3 is 12.4 Å². The molecule has 0 saturated carbocycles. The fraction of sp³-hybridized carbons (Fsp3) is 0.0820. The fourth-order valence-electron chi connectivity index (χ4n) is 10.2. The molecular weight excluding hydrogens is 903 g/mol. The van der Waals surface area contributed by atoms with Gasteiger partial charge in [-0.05, 0) is 167 Å². The number of nitrogens with zero attached hydrogens (tertiary/aromatic N) is 4. The number of para-hydroxylation sites is 2. The van der Waals surface area contributed by atoms with Crippen molar-refractivity contribution in [1.82, 2.24) is 9.13 Å². The van der Waals surface area contributed by atoms with Crippen molar-refractivity contribution < 1.29 is 26.3 Å². The predicted octanol–water partition coefficient (Wildman–Crippen LogP) is 17.9. The third-order valence-electron chi connectivity index (χ3n) is 13.4. The molecule has 0 radical (unpaired) electrons. The lowest BCUT2D eigenvalue weighted by Crippen LogP contribution is -2.05. The molecule has 0 saturated heterocycles. The Bertz CT molecular complexity index is 4100. The number of alkyl halides is 6. The Balaban J connectivity index is 1.18. The average molecular weight is 941 g/mol. The molecule has 11 aromatic rings. The first-order valence-electron chi connectivity index (χ1n) is 22.7. The van der Waals surface area contributed by atoms with E-state index in [0.29, 0.717) is 44.6 Å². The normalized spacial score (nSPS) is 12.0. The van der Waals surface area contributed by atoms with E-state index in [-0.39, 0.29) is 0 Å². The van der Waals surface area contributed by atoms with Crippen molar-refractivity contribution in [3.63, 3.8) is 0 Å². The van der Waals surface area contributed by atoms with Gasteiger partial charge in [-0.1, -0.05) is 84.9 Å². The molecule has 0 spiro atoms. The molecule has 0 unspecified atom stereocenters. The van der Waals surface area contributed by atoms with Gasteiger partial charge in [-0.2, -0.15) is 31.6 Å². The Morgan fingerprint density at radius 2 is 0.944 bits per heavy atom. The van der Waals surface area contributed by atoms with Crippen LogP contribution in [0.1, 0.15) is 33.4 Å². The maximum atomic E-state index is 14.1. The number of hydrogen-bond donors (Lipinski definition) is 0. The van der Waals surface area contributed by atoms with Gasteiger partial charge < -0.3 is 9.13 Å². The van der Waals surface area contributed by atoms with Crippen LogP contribution in [0.25, 0.3) is 104 Å². The summed E-state index contributed by atoms with van der Waals surface area (Å²) >= 11 is 0. The van der Waals surface area contributed by atoms with Gasteiger partial charge in [-0.25, -0.2) is 4.85 Å². The highest BCUT2D eigenvalue weighted by Crippen LogP contribution is 2.45. The van der Waals surface area contributed by atoms with Crippen LogP contribution in [0.3, 0.4) is 0 Å². The highest BCUT2D eigenvalue weighted by Gasteiger charge is 2.32. The van der Waals surface area contributed by atoms with E-state index in [4.69, 9.17) is 6.57 Å². The van der Waals surface area contributed by atoms with Crippen molar-refractivity contribution >= 4 is 49.3 Å². The van der Waals surface area contributed by atoms with Crippen molar-refractivity contribution in [2.75, 3.05) is 0 Å². The number of aromatic nitrogens is 2. The number of aryl methyl sites for hydroxylation is 3. The van der Waals surface area contributed by atoms with Crippen molar-refractivity contribution in [2.45, 2.75) is 33.1 Å². The minimum Gasteiger partial charge on any atom is -0.309 e. The molecule has 11 rings (SSSR count). The second kappa shape index (κ2) is 16.7. The molecule has 71 heavy (non-hydrogen) atoms. The molecule has 0 N–H and O–H groups in total. The van der Waals surface area contributed by atoms with Crippen LogP contribution >= 0.6 is 0 Å². The van der Waals surface area contributed by atoms with E-state index in [1.165, 1.54) is 12.1 Å². The van der Waals surface area contributed by atoms with Crippen LogP contribution in [0.5, 0.6) is 0 Å². The summed E-state index contributed by atoms with van der Waals surface area (Å²) in [4.78, 5) is 3.89. The summed E-state index contributed by atoms with van der Waals surface area (Å²) in [6, 6.07) is 54.9. The molecule has 0 fully saturated rings. The van der Waals surface area contributed by atoms with E-state index < -0.39 is 23.5 Å². The van der Waals surface area contributed by atoms with E-state index in [9.17, 15) is 31.6 Å². The van der Waals surface area contributed by atoms with Gasteiger partial charge in [0, 0.05) is 27.1 Å². The summed E-state index contributed by atoms with van der Waals surface area (Å²) in [5, 5.41) is 13.2.